The molecule has 9 nitrogen and oxygen atoms in total. The van der Waals surface area contributed by atoms with E-state index in [9.17, 15) is 8.78 Å². The Morgan fingerprint density at radius 1 is 1.26 bits per heavy atom. The average Bonchev–Trinajstić information content (AvgIpc) is 3.43. The topological polar surface area (TPSA) is 81.7 Å². The lowest BCUT2D eigenvalue weighted by atomic mass is 9.98. The molecule has 2 saturated heterocycles. The van der Waals surface area contributed by atoms with Gasteiger partial charge in [-0.15, -0.1) is 5.10 Å². The van der Waals surface area contributed by atoms with Gasteiger partial charge in [-0.05, 0) is 37.1 Å². The molecule has 38 heavy (non-hydrogen) atoms. The van der Waals surface area contributed by atoms with Crippen molar-refractivity contribution in [3.63, 3.8) is 0 Å². The first-order chi connectivity index (χ1) is 18.6. The number of alkyl halides is 4. The summed E-state index contributed by atoms with van der Waals surface area (Å²) in [6, 6.07) is 4.81. The number of piperidine rings is 1. The van der Waals surface area contributed by atoms with Crippen LogP contribution in [-0.4, -0.2) is 86.9 Å². The third-order valence-electron chi connectivity index (χ3n) is 7.13. The molecule has 0 aliphatic carbocycles. The molecule has 0 amide bonds. The van der Waals surface area contributed by atoms with Crippen molar-refractivity contribution in [2.75, 3.05) is 38.7 Å². The molecule has 13 heteroatoms. The molecule has 2 aliphatic heterocycles. The number of benzene rings is 1. The lowest BCUT2D eigenvalue weighted by Crippen LogP contribution is -2.61. The van der Waals surface area contributed by atoms with E-state index in [1.807, 2.05) is 6.07 Å². The third-order valence-corrected chi connectivity index (χ3v) is 7.13. The van der Waals surface area contributed by atoms with Gasteiger partial charge < -0.3 is 19.4 Å². The first-order valence-electron chi connectivity index (χ1n) is 12.7. The molecular formula is C25H27F4N7O2. The Morgan fingerprint density at radius 2 is 2.08 bits per heavy atom. The number of fused-ring (bicyclic) bond motifs is 2. The van der Waals surface area contributed by atoms with E-state index in [4.69, 9.17) is 10.8 Å². The number of nitrogens with zero attached hydrogens (tertiary/aromatic N) is 6. The summed E-state index contributed by atoms with van der Waals surface area (Å²) < 4.78 is 78.4. The van der Waals surface area contributed by atoms with Crippen LogP contribution in [0.4, 0.5) is 23.5 Å². The fourth-order valence-corrected chi connectivity index (χ4v) is 5.13. The van der Waals surface area contributed by atoms with Crippen LogP contribution in [0.3, 0.4) is 0 Å². The van der Waals surface area contributed by atoms with Crippen molar-refractivity contribution in [2.24, 2.45) is 0 Å². The smallest absolute Gasteiger partial charge is 0.280 e. The molecule has 0 radical (unpaired) electrons. The summed E-state index contributed by atoms with van der Waals surface area (Å²) in [5.74, 6) is -2.48. The van der Waals surface area contributed by atoms with Gasteiger partial charge in [0.25, 0.3) is 12.3 Å². The van der Waals surface area contributed by atoms with E-state index in [0.29, 0.717) is 40.0 Å². The van der Waals surface area contributed by atoms with Gasteiger partial charge in [0.05, 0.1) is 57.9 Å². The molecule has 0 unspecified atom stereocenters. The number of nitrogens with one attached hydrogen (secondary N) is 1. The summed E-state index contributed by atoms with van der Waals surface area (Å²) in [6.07, 6.45) is -0.771. The molecule has 2 aliphatic rings. The number of methoxy groups -OCH3 is 1. The van der Waals surface area contributed by atoms with Gasteiger partial charge in [-0.25, -0.2) is 27.1 Å². The number of likely N-dealkylation sites (tertiary alicyclic amines) is 1. The van der Waals surface area contributed by atoms with Gasteiger partial charge in [0.1, 0.15) is 11.3 Å². The highest BCUT2D eigenvalue weighted by Gasteiger charge is 2.47. The largest absolute Gasteiger partial charge is 0.479 e. The molecule has 6 rings (SSSR count). The van der Waals surface area contributed by atoms with Gasteiger partial charge in [-0.3, -0.25) is 4.90 Å². The molecule has 2 fully saturated rings. The van der Waals surface area contributed by atoms with Crippen LogP contribution >= 0.6 is 0 Å². The molecular weight excluding hydrogens is 506 g/mol. The summed E-state index contributed by atoms with van der Waals surface area (Å²) in [5, 5.41) is 7.17. The molecule has 4 aromatic rings. The minimum absolute atomic E-state index is 0.0201. The number of anilines is 1. The van der Waals surface area contributed by atoms with E-state index in [-0.39, 0.29) is 31.5 Å². The number of hydrogen-bond donors (Lipinski definition) is 1. The monoisotopic (exact) mass is 534 g/mol. The maximum Gasteiger partial charge on any atom is 0.280 e. The highest BCUT2D eigenvalue weighted by atomic mass is 19.3. The minimum Gasteiger partial charge on any atom is -0.479 e. The Labute approximate surface area is 216 Å². The number of rotatable bonds is 7. The van der Waals surface area contributed by atoms with Gasteiger partial charge >= 0.3 is 0 Å². The maximum atomic E-state index is 15.1. The lowest BCUT2D eigenvalue weighted by Gasteiger charge is -2.44. The predicted octanol–water partition coefficient (Wildman–Crippen LogP) is 3.85. The Balaban J connectivity index is 1.30. The number of hydrogen-bond acceptors (Lipinski definition) is 7. The van der Waals surface area contributed by atoms with Crippen LogP contribution in [0.2, 0.25) is 0 Å². The Morgan fingerprint density at radius 3 is 2.76 bits per heavy atom. The second kappa shape index (κ2) is 9.38. The summed E-state index contributed by atoms with van der Waals surface area (Å²) in [4.78, 5) is 10.2. The second-order valence-corrected chi connectivity index (χ2v) is 9.56. The number of ether oxygens (including phenoxy) is 2. The molecule has 1 N–H and O–H groups in total. The standard InChI is InChI=1S/C25H27F4N7O2/c1-14-30-18-4-3-15(9-19(18)35(14)10-21(26)27)17-5-8-36-22(17)23(37-2)32-24(33-36)31-20-6-7-34(13-25(20,28)29)16-11-38-12-16/h3-5,8-9,16,20-21H,6-7,10-13H2,1-2H3,(H,31,33)/t20-/m1/s1/i16D. The van der Waals surface area contributed by atoms with E-state index in [1.165, 1.54) is 21.1 Å². The zero-order valence-corrected chi connectivity index (χ0v) is 20.8. The SMILES string of the molecule is [2H]C1(N2CC[C@@H](Nc3nc(OC)c4c(-c5ccc6nc(C)n(CC(F)F)c6c5)ccn4n3)C(F)(F)C2)COC1. The van der Waals surface area contributed by atoms with Crippen molar-refractivity contribution in [1.29, 1.82) is 0 Å². The average molecular weight is 535 g/mol. The van der Waals surface area contributed by atoms with Crippen LogP contribution < -0.4 is 10.1 Å². The molecule has 5 heterocycles. The van der Waals surface area contributed by atoms with Crippen molar-refractivity contribution in [3.05, 3.63) is 36.3 Å². The highest BCUT2D eigenvalue weighted by molar-refractivity contribution is 5.89. The number of aromatic nitrogens is 5. The Bertz CT molecular complexity index is 1540. The van der Waals surface area contributed by atoms with Crippen LogP contribution in [0, 0.1) is 6.92 Å². The van der Waals surface area contributed by atoms with Gasteiger partial charge in [-0.1, -0.05) is 6.07 Å². The van der Waals surface area contributed by atoms with Gasteiger partial charge in [-0.2, -0.15) is 4.98 Å². The van der Waals surface area contributed by atoms with Crippen molar-refractivity contribution < 1.29 is 28.4 Å². The molecule has 0 spiro atoms. The number of imidazole rings is 1. The Kier molecular flexibility index (Phi) is 5.84. The quantitative estimate of drug-likeness (QED) is 0.361. The summed E-state index contributed by atoms with van der Waals surface area (Å²) in [6.45, 7) is 1.21. The maximum absolute atomic E-state index is 15.1. The zero-order chi connectivity index (χ0) is 27.5. The van der Waals surface area contributed by atoms with E-state index in [1.54, 1.807) is 31.3 Å². The van der Waals surface area contributed by atoms with Crippen LogP contribution in [-0.2, 0) is 11.3 Å². The number of halogens is 4. The normalized spacial score (nSPS) is 21.6. The van der Waals surface area contributed by atoms with E-state index >= 15 is 8.78 Å². The van der Waals surface area contributed by atoms with Crippen LogP contribution in [0.1, 0.15) is 13.6 Å². The Hall–Kier alpha value is -3.45. The van der Waals surface area contributed by atoms with Crippen molar-refractivity contribution in [1.82, 2.24) is 29.0 Å². The second-order valence-electron chi connectivity index (χ2n) is 9.56. The van der Waals surface area contributed by atoms with Crippen LogP contribution in [0.15, 0.2) is 30.5 Å². The summed E-state index contributed by atoms with van der Waals surface area (Å²) in [5.41, 5.74) is 3.07. The van der Waals surface area contributed by atoms with Crippen molar-refractivity contribution >= 4 is 22.5 Å². The van der Waals surface area contributed by atoms with Crippen LogP contribution in [0.25, 0.3) is 27.7 Å². The summed E-state index contributed by atoms with van der Waals surface area (Å²) in [7, 11) is 1.43. The lowest BCUT2D eigenvalue weighted by molar-refractivity contribution is -0.131. The molecule has 1 aromatic carbocycles. The first-order valence-corrected chi connectivity index (χ1v) is 12.2. The number of aryl methyl sites for hydroxylation is 1. The van der Waals surface area contributed by atoms with Crippen molar-refractivity contribution in [3.8, 4) is 17.0 Å². The molecule has 202 valence electrons. The van der Waals surface area contributed by atoms with Gasteiger partial charge in [0, 0.05) is 18.3 Å². The zero-order valence-electron chi connectivity index (χ0n) is 21.8. The molecule has 3 aromatic heterocycles. The fourth-order valence-electron chi connectivity index (χ4n) is 5.13. The molecule has 1 atom stereocenters. The first kappa shape index (κ1) is 23.7. The van der Waals surface area contributed by atoms with Gasteiger partial charge in [0.15, 0.2) is 0 Å². The van der Waals surface area contributed by atoms with Gasteiger partial charge in [0.2, 0.25) is 11.8 Å². The third kappa shape index (κ3) is 4.33. The van der Waals surface area contributed by atoms with E-state index in [2.05, 4.69) is 20.4 Å². The fraction of sp³-hybridized carbons (Fsp3) is 0.480. The highest BCUT2D eigenvalue weighted by Crippen LogP contribution is 2.35. The molecule has 0 saturated carbocycles. The predicted molar refractivity (Wildman–Crippen MR) is 132 cm³/mol. The summed E-state index contributed by atoms with van der Waals surface area (Å²) >= 11 is 0. The minimum atomic E-state index is -3.12. The van der Waals surface area contributed by atoms with Crippen molar-refractivity contribution in [2.45, 2.75) is 44.3 Å². The van der Waals surface area contributed by atoms with E-state index in [0.717, 1.165) is 0 Å². The molecule has 0 bridgehead atoms. The van der Waals surface area contributed by atoms with E-state index < -0.39 is 37.5 Å². The van der Waals surface area contributed by atoms with Crippen LogP contribution in [0.5, 0.6) is 5.88 Å².